The molecular weight excluding hydrogens is 300 g/mol. The van der Waals surface area contributed by atoms with Gasteiger partial charge in [-0.1, -0.05) is 37.1 Å². The van der Waals surface area contributed by atoms with Crippen LogP contribution in [0.3, 0.4) is 0 Å². The predicted molar refractivity (Wildman–Crippen MR) is 94.1 cm³/mol. The molecule has 1 N–H and O–H groups in total. The van der Waals surface area contributed by atoms with E-state index in [0.29, 0.717) is 5.69 Å². The van der Waals surface area contributed by atoms with Gasteiger partial charge in [-0.3, -0.25) is 9.59 Å². The molecule has 2 unspecified atom stereocenters. The molecule has 4 heteroatoms. The Kier molecular flexibility index (Phi) is 3.81. The van der Waals surface area contributed by atoms with E-state index < -0.39 is 0 Å². The van der Waals surface area contributed by atoms with Crippen LogP contribution in [0.15, 0.2) is 54.6 Å². The summed E-state index contributed by atoms with van der Waals surface area (Å²) in [6.45, 7) is 0. The number of fused-ring (bicyclic) bond motifs is 1. The van der Waals surface area contributed by atoms with Crippen LogP contribution in [0.2, 0.25) is 0 Å². The lowest BCUT2D eigenvalue weighted by molar-refractivity contribution is -0.122. The van der Waals surface area contributed by atoms with Gasteiger partial charge in [0.2, 0.25) is 11.8 Å². The van der Waals surface area contributed by atoms with E-state index in [0.717, 1.165) is 37.1 Å². The zero-order chi connectivity index (χ0) is 16.5. The standard InChI is InChI=1S/C20H20N2O2/c23-19-17-11-4-5-12-18(17)20(24)22(19)16-10-6-9-15(13-16)21-14-7-2-1-3-8-14/h1-3,6-10,13,17-18,21H,4-5,11-12H2. The molecule has 1 heterocycles. The molecule has 0 aromatic heterocycles. The predicted octanol–water partition coefficient (Wildman–Crippen LogP) is 4.11. The third-order valence-corrected chi connectivity index (χ3v) is 5.01. The highest BCUT2D eigenvalue weighted by atomic mass is 16.2. The number of amides is 2. The van der Waals surface area contributed by atoms with Gasteiger partial charge in [-0.25, -0.2) is 4.90 Å². The fraction of sp³-hybridized carbons (Fsp3) is 0.300. The molecule has 1 aliphatic carbocycles. The number of benzene rings is 2. The summed E-state index contributed by atoms with van der Waals surface area (Å²) in [5.74, 6) is -0.280. The molecule has 122 valence electrons. The van der Waals surface area contributed by atoms with Crippen molar-refractivity contribution in [2.45, 2.75) is 25.7 Å². The number of hydrogen-bond acceptors (Lipinski definition) is 3. The van der Waals surface area contributed by atoms with Gasteiger partial charge >= 0.3 is 0 Å². The number of carbonyl (C=O) groups is 2. The Balaban J connectivity index is 1.61. The molecule has 0 radical (unpaired) electrons. The van der Waals surface area contributed by atoms with Gasteiger partial charge in [-0.05, 0) is 43.2 Å². The van der Waals surface area contributed by atoms with Crippen molar-refractivity contribution in [2.75, 3.05) is 10.2 Å². The number of nitrogens with zero attached hydrogens (tertiary/aromatic N) is 1. The molecule has 1 saturated heterocycles. The van der Waals surface area contributed by atoms with Gasteiger partial charge in [-0.15, -0.1) is 0 Å². The third-order valence-electron chi connectivity index (χ3n) is 5.01. The Morgan fingerprint density at radius 1 is 0.792 bits per heavy atom. The van der Waals surface area contributed by atoms with Gasteiger partial charge < -0.3 is 5.32 Å². The average Bonchev–Trinajstić information content (AvgIpc) is 2.87. The highest BCUT2D eigenvalue weighted by Gasteiger charge is 2.48. The van der Waals surface area contributed by atoms with E-state index in [-0.39, 0.29) is 23.7 Å². The fourth-order valence-electron chi connectivity index (χ4n) is 3.83. The normalized spacial score (nSPS) is 23.2. The van der Waals surface area contributed by atoms with Crippen LogP contribution in [0.4, 0.5) is 17.1 Å². The summed E-state index contributed by atoms with van der Waals surface area (Å²) in [6, 6.07) is 17.4. The topological polar surface area (TPSA) is 49.4 Å². The molecule has 2 atom stereocenters. The molecule has 0 bridgehead atoms. The molecule has 0 spiro atoms. The first-order chi connectivity index (χ1) is 11.7. The Labute approximate surface area is 141 Å². The van der Waals surface area contributed by atoms with Crippen molar-refractivity contribution in [2.24, 2.45) is 11.8 Å². The Hall–Kier alpha value is -2.62. The first kappa shape index (κ1) is 14.9. The second-order valence-corrected chi connectivity index (χ2v) is 6.55. The molecule has 2 aliphatic rings. The highest BCUT2D eigenvalue weighted by Crippen LogP contribution is 2.40. The Bertz CT molecular complexity index is 748. The summed E-state index contributed by atoms with van der Waals surface area (Å²) in [5.41, 5.74) is 2.51. The van der Waals surface area contributed by atoms with E-state index in [2.05, 4.69) is 5.32 Å². The van der Waals surface area contributed by atoms with Gasteiger partial charge in [0, 0.05) is 11.4 Å². The van der Waals surface area contributed by atoms with Crippen LogP contribution in [0, 0.1) is 11.8 Å². The van der Waals surface area contributed by atoms with Crippen molar-refractivity contribution >= 4 is 28.9 Å². The Morgan fingerprint density at radius 3 is 2.08 bits per heavy atom. The highest BCUT2D eigenvalue weighted by molar-refractivity contribution is 6.22. The molecular formula is C20H20N2O2. The summed E-state index contributed by atoms with van der Waals surface area (Å²) >= 11 is 0. The first-order valence-corrected chi connectivity index (χ1v) is 8.54. The summed E-state index contributed by atoms with van der Waals surface area (Å²) in [5, 5.41) is 3.31. The second-order valence-electron chi connectivity index (χ2n) is 6.55. The molecule has 1 aliphatic heterocycles. The smallest absolute Gasteiger partial charge is 0.237 e. The van der Waals surface area contributed by atoms with E-state index in [4.69, 9.17) is 0 Å². The summed E-state index contributed by atoms with van der Waals surface area (Å²) in [7, 11) is 0. The fourth-order valence-corrected chi connectivity index (χ4v) is 3.83. The molecule has 2 fully saturated rings. The zero-order valence-electron chi connectivity index (χ0n) is 13.4. The molecule has 24 heavy (non-hydrogen) atoms. The van der Waals surface area contributed by atoms with Crippen LogP contribution in [0.1, 0.15) is 25.7 Å². The van der Waals surface area contributed by atoms with Crippen LogP contribution < -0.4 is 10.2 Å². The number of carbonyl (C=O) groups excluding carboxylic acids is 2. The number of rotatable bonds is 3. The maximum Gasteiger partial charge on any atom is 0.237 e. The summed E-state index contributed by atoms with van der Waals surface area (Å²) in [4.78, 5) is 26.8. The van der Waals surface area contributed by atoms with E-state index >= 15 is 0 Å². The van der Waals surface area contributed by atoms with E-state index in [9.17, 15) is 9.59 Å². The number of hydrogen-bond donors (Lipinski definition) is 1. The number of anilines is 3. The molecule has 4 rings (SSSR count). The lowest BCUT2D eigenvalue weighted by atomic mass is 9.81. The van der Waals surface area contributed by atoms with Crippen LogP contribution in [0.25, 0.3) is 0 Å². The molecule has 2 aromatic rings. The monoisotopic (exact) mass is 320 g/mol. The Morgan fingerprint density at radius 2 is 1.42 bits per heavy atom. The minimum absolute atomic E-state index is 0.0263. The van der Waals surface area contributed by atoms with Gasteiger partial charge in [0.15, 0.2) is 0 Å². The van der Waals surface area contributed by atoms with E-state index in [1.165, 1.54) is 4.90 Å². The van der Waals surface area contributed by atoms with Crippen molar-refractivity contribution in [3.05, 3.63) is 54.6 Å². The largest absolute Gasteiger partial charge is 0.355 e. The van der Waals surface area contributed by atoms with Gasteiger partial charge in [0.05, 0.1) is 17.5 Å². The number of nitrogens with one attached hydrogen (secondary N) is 1. The number of para-hydroxylation sites is 1. The molecule has 4 nitrogen and oxygen atoms in total. The van der Waals surface area contributed by atoms with Crippen LogP contribution in [0.5, 0.6) is 0 Å². The van der Waals surface area contributed by atoms with E-state index in [1.54, 1.807) is 0 Å². The third kappa shape index (κ3) is 2.58. The van der Waals surface area contributed by atoms with Crippen molar-refractivity contribution in [1.82, 2.24) is 0 Å². The van der Waals surface area contributed by atoms with Crippen molar-refractivity contribution < 1.29 is 9.59 Å². The van der Waals surface area contributed by atoms with Gasteiger partial charge in [-0.2, -0.15) is 0 Å². The summed E-state index contributed by atoms with van der Waals surface area (Å²) < 4.78 is 0. The van der Waals surface area contributed by atoms with Crippen LogP contribution in [-0.2, 0) is 9.59 Å². The maximum atomic E-state index is 12.7. The summed E-state index contributed by atoms with van der Waals surface area (Å²) in [6.07, 6.45) is 3.77. The number of imide groups is 1. The van der Waals surface area contributed by atoms with Gasteiger partial charge in [0.1, 0.15) is 0 Å². The average molecular weight is 320 g/mol. The zero-order valence-corrected chi connectivity index (χ0v) is 13.4. The van der Waals surface area contributed by atoms with Crippen molar-refractivity contribution in [1.29, 1.82) is 0 Å². The second kappa shape index (κ2) is 6.11. The lowest BCUT2D eigenvalue weighted by Crippen LogP contribution is -2.30. The maximum absolute atomic E-state index is 12.7. The lowest BCUT2D eigenvalue weighted by Gasteiger charge is -2.19. The molecule has 2 aromatic carbocycles. The first-order valence-electron chi connectivity index (χ1n) is 8.54. The van der Waals surface area contributed by atoms with Crippen molar-refractivity contribution in [3.63, 3.8) is 0 Å². The van der Waals surface area contributed by atoms with Crippen LogP contribution >= 0.6 is 0 Å². The quantitative estimate of drug-likeness (QED) is 0.866. The molecule has 1 saturated carbocycles. The van der Waals surface area contributed by atoms with Gasteiger partial charge in [0.25, 0.3) is 0 Å². The minimum atomic E-state index is -0.114. The van der Waals surface area contributed by atoms with Crippen LogP contribution in [-0.4, -0.2) is 11.8 Å². The van der Waals surface area contributed by atoms with Crippen molar-refractivity contribution in [3.8, 4) is 0 Å². The van der Waals surface area contributed by atoms with E-state index in [1.807, 2.05) is 54.6 Å². The SMILES string of the molecule is O=C1C2CCCCC2C(=O)N1c1cccc(Nc2ccccc2)c1. The molecule has 2 amide bonds. The minimum Gasteiger partial charge on any atom is -0.355 e.